The van der Waals surface area contributed by atoms with Crippen molar-refractivity contribution in [3.05, 3.63) is 11.1 Å². The van der Waals surface area contributed by atoms with Crippen LogP contribution in [0.15, 0.2) is 11.1 Å². The van der Waals surface area contributed by atoms with E-state index in [0.717, 1.165) is 10.9 Å². The van der Waals surface area contributed by atoms with Crippen LogP contribution in [0.3, 0.4) is 0 Å². The summed E-state index contributed by atoms with van der Waals surface area (Å²) >= 11 is 3.26. The van der Waals surface area contributed by atoms with Crippen molar-refractivity contribution in [1.29, 1.82) is 0 Å². The Morgan fingerprint density at radius 2 is 2.11 bits per heavy atom. The summed E-state index contributed by atoms with van der Waals surface area (Å²) in [5.74, 6) is 0. The van der Waals surface area contributed by atoms with Gasteiger partial charge in [-0.1, -0.05) is 22.5 Å². The molecule has 0 aromatic rings. The van der Waals surface area contributed by atoms with Gasteiger partial charge in [0, 0.05) is 11.0 Å². The maximum absolute atomic E-state index is 11.9. The first-order valence-corrected chi connectivity index (χ1v) is 6.86. The van der Waals surface area contributed by atoms with Crippen LogP contribution < -0.4 is 0 Å². The molecule has 1 atom stereocenters. The van der Waals surface area contributed by atoms with Crippen LogP contribution in [0.2, 0.25) is 0 Å². The minimum absolute atomic E-state index is 0.271. The Hall–Kier alpha value is -0.550. The van der Waals surface area contributed by atoms with E-state index in [0.29, 0.717) is 19.7 Å². The van der Waals surface area contributed by atoms with Crippen molar-refractivity contribution in [1.82, 2.24) is 4.90 Å². The number of hydrogen-bond acceptors (Lipinski definition) is 3. The number of rotatable bonds is 3. The summed E-state index contributed by atoms with van der Waals surface area (Å²) < 4.78 is 11.9. The SMILES string of the molecule is C=C(Br)COC1(C)CCN(C(=O)OC(C)(C)C)C1. The van der Waals surface area contributed by atoms with Gasteiger partial charge in [0.1, 0.15) is 5.60 Å². The molecule has 1 unspecified atom stereocenters. The van der Waals surface area contributed by atoms with Gasteiger partial charge in [0.2, 0.25) is 0 Å². The minimum atomic E-state index is -0.457. The molecule has 0 radical (unpaired) electrons. The molecule has 1 rings (SSSR count). The van der Waals surface area contributed by atoms with Gasteiger partial charge in [-0.05, 0) is 34.1 Å². The highest BCUT2D eigenvalue weighted by Gasteiger charge is 2.38. The lowest BCUT2D eigenvalue weighted by atomic mass is 10.1. The summed E-state index contributed by atoms with van der Waals surface area (Å²) in [5.41, 5.74) is -0.769. The van der Waals surface area contributed by atoms with E-state index in [1.807, 2.05) is 27.7 Å². The molecule has 4 nitrogen and oxygen atoms in total. The summed E-state index contributed by atoms with van der Waals surface area (Å²) in [6.07, 6.45) is 0.541. The van der Waals surface area contributed by atoms with Crippen molar-refractivity contribution in [3.63, 3.8) is 0 Å². The van der Waals surface area contributed by atoms with Crippen LogP contribution in [-0.2, 0) is 9.47 Å². The van der Waals surface area contributed by atoms with E-state index in [1.54, 1.807) is 4.90 Å². The predicted molar refractivity (Wildman–Crippen MR) is 74.8 cm³/mol. The van der Waals surface area contributed by atoms with Gasteiger partial charge in [-0.25, -0.2) is 4.79 Å². The van der Waals surface area contributed by atoms with Crippen LogP contribution in [0.5, 0.6) is 0 Å². The molecule has 0 aromatic heterocycles. The molecule has 1 heterocycles. The second kappa shape index (κ2) is 5.61. The first-order valence-electron chi connectivity index (χ1n) is 6.06. The second-order valence-electron chi connectivity index (χ2n) is 5.91. The van der Waals surface area contributed by atoms with Gasteiger partial charge in [0.05, 0.1) is 18.8 Å². The standard InChI is InChI=1S/C13H22BrNO3/c1-10(14)8-17-13(5)6-7-15(9-13)11(16)18-12(2,3)4/h1,6-9H2,2-5H3. The van der Waals surface area contributed by atoms with Crippen LogP contribution in [0, 0.1) is 0 Å². The van der Waals surface area contributed by atoms with Crippen molar-refractivity contribution < 1.29 is 14.3 Å². The normalized spacial score (nSPS) is 24.2. The Morgan fingerprint density at radius 1 is 1.50 bits per heavy atom. The Kier molecular flexibility index (Phi) is 4.84. The number of amides is 1. The molecule has 1 saturated heterocycles. The predicted octanol–water partition coefficient (Wildman–Crippen LogP) is 3.31. The Balaban J connectivity index is 2.49. The van der Waals surface area contributed by atoms with Crippen LogP contribution in [0.25, 0.3) is 0 Å². The van der Waals surface area contributed by atoms with Gasteiger partial charge in [-0.3, -0.25) is 0 Å². The highest BCUT2D eigenvalue weighted by atomic mass is 79.9. The van der Waals surface area contributed by atoms with Gasteiger partial charge < -0.3 is 14.4 Å². The van der Waals surface area contributed by atoms with E-state index in [4.69, 9.17) is 9.47 Å². The van der Waals surface area contributed by atoms with E-state index < -0.39 is 5.60 Å². The van der Waals surface area contributed by atoms with Crippen molar-refractivity contribution >= 4 is 22.0 Å². The summed E-state index contributed by atoms with van der Waals surface area (Å²) in [6.45, 7) is 13.0. The first-order chi connectivity index (χ1) is 8.11. The zero-order valence-electron chi connectivity index (χ0n) is 11.6. The fourth-order valence-electron chi connectivity index (χ4n) is 1.79. The zero-order chi connectivity index (χ0) is 14.0. The minimum Gasteiger partial charge on any atom is -0.444 e. The number of carbonyl (C=O) groups is 1. The molecule has 5 heteroatoms. The molecule has 1 aliphatic rings. The van der Waals surface area contributed by atoms with Crippen molar-refractivity contribution in [2.24, 2.45) is 0 Å². The Morgan fingerprint density at radius 3 is 2.61 bits per heavy atom. The fraction of sp³-hybridized carbons (Fsp3) is 0.769. The molecule has 0 bridgehead atoms. The molecule has 0 N–H and O–H groups in total. The summed E-state index contributed by atoms with van der Waals surface area (Å²) in [4.78, 5) is 13.6. The van der Waals surface area contributed by atoms with E-state index >= 15 is 0 Å². The van der Waals surface area contributed by atoms with Gasteiger partial charge >= 0.3 is 6.09 Å². The maximum atomic E-state index is 11.9. The second-order valence-corrected chi connectivity index (χ2v) is 7.03. The van der Waals surface area contributed by atoms with Crippen LogP contribution in [0.1, 0.15) is 34.1 Å². The third-order valence-electron chi connectivity index (χ3n) is 2.66. The quantitative estimate of drug-likeness (QED) is 0.801. The molecule has 1 amide bonds. The lowest BCUT2D eigenvalue weighted by Crippen LogP contribution is -2.39. The number of likely N-dealkylation sites (tertiary alicyclic amines) is 1. The molecule has 1 fully saturated rings. The molecule has 1 aliphatic heterocycles. The van der Waals surface area contributed by atoms with Crippen LogP contribution in [-0.4, -0.2) is 41.9 Å². The molecular weight excluding hydrogens is 298 g/mol. The largest absolute Gasteiger partial charge is 0.444 e. The molecule has 0 saturated carbocycles. The van der Waals surface area contributed by atoms with Crippen molar-refractivity contribution in [3.8, 4) is 0 Å². The third kappa shape index (κ3) is 4.98. The van der Waals surface area contributed by atoms with Crippen LogP contribution in [0.4, 0.5) is 4.79 Å². The van der Waals surface area contributed by atoms with Gasteiger partial charge in [0.25, 0.3) is 0 Å². The molecule has 104 valence electrons. The Bertz CT molecular complexity index is 338. The highest BCUT2D eigenvalue weighted by Crippen LogP contribution is 2.27. The molecular formula is C13H22BrNO3. The molecule has 0 aromatic carbocycles. The Labute approximate surface area is 117 Å². The van der Waals surface area contributed by atoms with Gasteiger partial charge in [0.15, 0.2) is 0 Å². The lowest BCUT2D eigenvalue weighted by Gasteiger charge is -2.27. The number of hydrogen-bond donors (Lipinski definition) is 0. The number of halogens is 1. The fourth-order valence-corrected chi connectivity index (χ4v) is 1.90. The van der Waals surface area contributed by atoms with Crippen molar-refractivity contribution in [2.75, 3.05) is 19.7 Å². The highest BCUT2D eigenvalue weighted by molar-refractivity contribution is 9.11. The topological polar surface area (TPSA) is 38.8 Å². The van der Waals surface area contributed by atoms with Crippen molar-refractivity contribution in [2.45, 2.75) is 45.3 Å². The number of ether oxygens (including phenoxy) is 2. The number of carbonyl (C=O) groups excluding carboxylic acids is 1. The first kappa shape index (κ1) is 15.5. The molecule has 0 spiro atoms. The lowest BCUT2D eigenvalue weighted by molar-refractivity contribution is -0.0145. The zero-order valence-corrected chi connectivity index (χ0v) is 13.2. The van der Waals surface area contributed by atoms with Gasteiger partial charge in [-0.15, -0.1) is 0 Å². The maximum Gasteiger partial charge on any atom is 0.410 e. The third-order valence-corrected chi connectivity index (χ3v) is 2.89. The average molecular weight is 320 g/mol. The monoisotopic (exact) mass is 319 g/mol. The van der Waals surface area contributed by atoms with E-state index in [-0.39, 0.29) is 11.7 Å². The van der Waals surface area contributed by atoms with Crippen LogP contribution >= 0.6 is 15.9 Å². The molecule has 0 aliphatic carbocycles. The van der Waals surface area contributed by atoms with E-state index in [1.165, 1.54) is 0 Å². The summed E-state index contributed by atoms with van der Waals surface area (Å²) in [6, 6.07) is 0. The summed E-state index contributed by atoms with van der Waals surface area (Å²) in [5, 5.41) is 0. The average Bonchev–Trinajstić information content (AvgIpc) is 2.56. The molecule has 18 heavy (non-hydrogen) atoms. The number of nitrogens with zero attached hydrogens (tertiary/aromatic N) is 1. The van der Waals surface area contributed by atoms with Gasteiger partial charge in [-0.2, -0.15) is 0 Å². The van der Waals surface area contributed by atoms with E-state index in [2.05, 4.69) is 22.5 Å². The summed E-state index contributed by atoms with van der Waals surface area (Å²) in [7, 11) is 0. The van der Waals surface area contributed by atoms with E-state index in [9.17, 15) is 4.79 Å². The smallest absolute Gasteiger partial charge is 0.410 e.